The average molecular weight is 280 g/mol. The minimum atomic E-state index is -1.37. The molecule has 1 heterocycles. The number of primary amides is 1. The van der Waals surface area contributed by atoms with Crippen molar-refractivity contribution in [3.05, 3.63) is 23.5 Å². The number of amides is 3. The Morgan fingerprint density at radius 2 is 2.00 bits per heavy atom. The third-order valence-corrected chi connectivity index (χ3v) is 2.48. The number of hydrogen-bond acceptors (Lipinski definition) is 4. The Balaban J connectivity index is 2.70. The molecular weight excluding hydrogens is 264 g/mol. The van der Waals surface area contributed by atoms with E-state index in [-0.39, 0.29) is 0 Å². The Kier molecular flexibility index (Phi) is 5.01. The van der Waals surface area contributed by atoms with Crippen LogP contribution in [0.2, 0.25) is 0 Å². The van der Waals surface area contributed by atoms with Crippen LogP contribution in [0, 0.1) is 13.8 Å². The lowest BCUT2D eigenvalue weighted by molar-refractivity contribution is -0.140. The molecule has 0 aliphatic carbocycles. The first-order valence-electron chi connectivity index (χ1n) is 5.82. The molecule has 0 aromatic carbocycles. The van der Waals surface area contributed by atoms with Crippen molar-refractivity contribution in [3.63, 3.8) is 0 Å². The minimum absolute atomic E-state index is 0.455. The van der Waals surface area contributed by atoms with E-state index in [0.29, 0.717) is 11.4 Å². The number of carboxylic acid groups (broad SMARTS) is 1. The molecule has 0 saturated carbocycles. The SMILES string of the molecule is Cc1ccc(NC(=O)N[C@H](CC(N)=O)C(=O)O)c(C)n1. The van der Waals surface area contributed by atoms with E-state index in [9.17, 15) is 14.4 Å². The predicted octanol–water partition coefficient (Wildman–Crippen LogP) is 0.149. The molecule has 3 amide bonds. The van der Waals surface area contributed by atoms with Gasteiger partial charge in [-0.15, -0.1) is 0 Å². The summed E-state index contributed by atoms with van der Waals surface area (Å²) in [7, 11) is 0. The molecule has 0 fully saturated rings. The van der Waals surface area contributed by atoms with E-state index in [1.807, 2.05) is 6.92 Å². The molecule has 1 atom stereocenters. The number of rotatable bonds is 5. The second-order valence-electron chi connectivity index (χ2n) is 4.25. The number of carboxylic acids is 1. The smallest absolute Gasteiger partial charge is 0.326 e. The number of carbonyl (C=O) groups excluding carboxylic acids is 2. The van der Waals surface area contributed by atoms with Gasteiger partial charge in [-0.2, -0.15) is 0 Å². The van der Waals surface area contributed by atoms with E-state index in [1.165, 1.54) is 0 Å². The number of nitrogens with one attached hydrogen (secondary N) is 2. The van der Waals surface area contributed by atoms with Crippen molar-refractivity contribution in [2.45, 2.75) is 26.3 Å². The normalized spacial score (nSPS) is 11.5. The summed E-state index contributed by atoms with van der Waals surface area (Å²) >= 11 is 0. The van der Waals surface area contributed by atoms with Crippen LogP contribution >= 0.6 is 0 Å². The molecule has 0 aliphatic heterocycles. The van der Waals surface area contributed by atoms with Gasteiger partial charge in [-0.05, 0) is 26.0 Å². The van der Waals surface area contributed by atoms with Crippen LogP contribution in [0.4, 0.5) is 10.5 Å². The van der Waals surface area contributed by atoms with E-state index in [2.05, 4.69) is 15.6 Å². The standard InChI is InChI=1S/C12H16N4O4/c1-6-3-4-8(7(2)14-6)15-12(20)16-9(11(18)19)5-10(13)17/h3-4,9H,5H2,1-2H3,(H2,13,17)(H,18,19)(H2,15,16,20)/t9-/m1/s1. The second-order valence-corrected chi connectivity index (χ2v) is 4.25. The highest BCUT2D eigenvalue weighted by Gasteiger charge is 2.22. The number of anilines is 1. The predicted molar refractivity (Wildman–Crippen MR) is 71.1 cm³/mol. The van der Waals surface area contributed by atoms with Gasteiger partial charge in [-0.25, -0.2) is 9.59 Å². The second kappa shape index (κ2) is 6.50. The Morgan fingerprint density at radius 1 is 1.35 bits per heavy atom. The van der Waals surface area contributed by atoms with Crippen molar-refractivity contribution in [1.29, 1.82) is 0 Å². The number of aromatic nitrogens is 1. The zero-order valence-corrected chi connectivity index (χ0v) is 11.1. The summed E-state index contributed by atoms with van der Waals surface area (Å²) in [6.45, 7) is 3.52. The molecule has 0 spiro atoms. The van der Waals surface area contributed by atoms with Crippen molar-refractivity contribution in [2.24, 2.45) is 5.73 Å². The van der Waals surface area contributed by atoms with Crippen LogP contribution in [0.5, 0.6) is 0 Å². The largest absolute Gasteiger partial charge is 0.480 e. The topological polar surface area (TPSA) is 134 Å². The summed E-state index contributed by atoms with van der Waals surface area (Å²) in [5, 5.41) is 13.5. The van der Waals surface area contributed by atoms with E-state index in [0.717, 1.165) is 5.69 Å². The highest BCUT2D eigenvalue weighted by molar-refractivity contribution is 5.94. The van der Waals surface area contributed by atoms with Crippen molar-refractivity contribution in [3.8, 4) is 0 Å². The van der Waals surface area contributed by atoms with Gasteiger partial charge in [0, 0.05) is 5.69 Å². The number of nitrogens with two attached hydrogens (primary N) is 1. The Morgan fingerprint density at radius 3 is 2.50 bits per heavy atom. The van der Waals surface area contributed by atoms with Gasteiger partial charge in [0.1, 0.15) is 6.04 Å². The van der Waals surface area contributed by atoms with Gasteiger partial charge in [-0.1, -0.05) is 0 Å². The highest BCUT2D eigenvalue weighted by Crippen LogP contribution is 2.12. The maximum atomic E-state index is 11.7. The van der Waals surface area contributed by atoms with E-state index >= 15 is 0 Å². The van der Waals surface area contributed by atoms with Crippen LogP contribution < -0.4 is 16.4 Å². The van der Waals surface area contributed by atoms with E-state index < -0.39 is 30.4 Å². The molecular formula is C12H16N4O4. The lowest BCUT2D eigenvalue weighted by atomic mass is 10.2. The lowest BCUT2D eigenvalue weighted by Gasteiger charge is -2.14. The summed E-state index contributed by atoms with van der Waals surface area (Å²) in [5.74, 6) is -2.15. The first kappa shape index (κ1) is 15.4. The van der Waals surface area contributed by atoms with Crippen LogP contribution in [0.25, 0.3) is 0 Å². The number of urea groups is 1. The minimum Gasteiger partial charge on any atom is -0.480 e. The fourth-order valence-corrected chi connectivity index (χ4v) is 1.54. The number of carbonyl (C=O) groups is 3. The van der Waals surface area contributed by atoms with E-state index in [4.69, 9.17) is 10.8 Å². The Bertz CT molecular complexity index is 544. The zero-order valence-electron chi connectivity index (χ0n) is 11.1. The Labute approximate surface area is 115 Å². The van der Waals surface area contributed by atoms with Crippen molar-refractivity contribution in [1.82, 2.24) is 10.3 Å². The third kappa shape index (κ3) is 4.56. The van der Waals surface area contributed by atoms with E-state index in [1.54, 1.807) is 19.1 Å². The number of hydrogen-bond donors (Lipinski definition) is 4. The monoisotopic (exact) mass is 280 g/mol. The molecule has 108 valence electrons. The molecule has 1 aromatic heterocycles. The number of pyridine rings is 1. The molecule has 8 nitrogen and oxygen atoms in total. The Hall–Kier alpha value is -2.64. The summed E-state index contributed by atoms with van der Waals surface area (Å²) in [6, 6.07) is 1.25. The molecule has 1 aromatic rings. The van der Waals surface area contributed by atoms with Gasteiger partial charge >= 0.3 is 12.0 Å². The first-order chi connectivity index (χ1) is 9.29. The molecule has 8 heteroatoms. The van der Waals surface area contributed by atoms with Gasteiger partial charge in [0.25, 0.3) is 0 Å². The molecule has 5 N–H and O–H groups in total. The van der Waals surface area contributed by atoms with Crippen molar-refractivity contribution >= 4 is 23.6 Å². The van der Waals surface area contributed by atoms with Gasteiger partial charge < -0.3 is 21.5 Å². The molecule has 0 unspecified atom stereocenters. The van der Waals surface area contributed by atoms with Gasteiger partial charge in [0.15, 0.2) is 0 Å². The summed E-state index contributed by atoms with van der Waals surface area (Å²) in [6.07, 6.45) is -0.478. The number of aryl methyl sites for hydroxylation is 2. The van der Waals surface area contributed by atoms with Crippen LogP contribution in [0.3, 0.4) is 0 Å². The fraction of sp³-hybridized carbons (Fsp3) is 0.333. The molecule has 1 rings (SSSR count). The van der Waals surface area contributed by atoms with Crippen molar-refractivity contribution in [2.75, 3.05) is 5.32 Å². The van der Waals surface area contributed by atoms with Crippen LogP contribution in [0.15, 0.2) is 12.1 Å². The summed E-state index contributed by atoms with van der Waals surface area (Å²) in [5.41, 5.74) is 6.77. The molecule has 0 radical (unpaired) electrons. The molecule has 20 heavy (non-hydrogen) atoms. The quantitative estimate of drug-likeness (QED) is 0.609. The van der Waals surface area contributed by atoms with Gasteiger partial charge in [0.2, 0.25) is 5.91 Å². The molecule has 0 saturated heterocycles. The highest BCUT2D eigenvalue weighted by atomic mass is 16.4. The van der Waals surface area contributed by atoms with Crippen LogP contribution in [-0.2, 0) is 9.59 Å². The molecule has 0 bridgehead atoms. The number of nitrogens with zero attached hydrogens (tertiary/aromatic N) is 1. The van der Waals surface area contributed by atoms with Crippen molar-refractivity contribution < 1.29 is 19.5 Å². The average Bonchev–Trinajstić information content (AvgIpc) is 2.31. The zero-order chi connectivity index (χ0) is 15.3. The van der Waals surface area contributed by atoms with Crippen LogP contribution in [-0.4, -0.2) is 34.0 Å². The van der Waals surface area contributed by atoms with Gasteiger partial charge in [-0.3, -0.25) is 9.78 Å². The third-order valence-electron chi connectivity index (χ3n) is 2.48. The first-order valence-corrected chi connectivity index (χ1v) is 5.82. The summed E-state index contributed by atoms with van der Waals surface area (Å²) < 4.78 is 0. The molecule has 0 aliphatic rings. The number of aliphatic carboxylic acids is 1. The maximum Gasteiger partial charge on any atom is 0.326 e. The van der Waals surface area contributed by atoms with Gasteiger partial charge in [0.05, 0.1) is 17.8 Å². The summed E-state index contributed by atoms with van der Waals surface area (Å²) in [4.78, 5) is 37.4. The maximum absolute atomic E-state index is 11.7. The van der Waals surface area contributed by atoms with Crippen LogP contribution in [0.1, 0.15) is 17.8 Å². The fourth-order valence-electron chi connectivity index (χ4n) is 1.54. The lowest BCUT2D eigenvalue weighted by Crippen LogP contribution is -2.45.